The molecule has 2 N–H and O–H groups in total. The molecule has 3 aliphatic rings. The fourth-order valence-electron chi connectivity index (χ4n) is 5.97. The lowest BCUT2D eigenvalue weighted by atomic mass is 9.78. The molecule has 0 bridgehead atoms. The number of carbonyl (C=O) groups is 2. The highest BCUT2D eigenvalue weighted by atomic mass is 19.4. The van der Waals surface area contributed by atoms with Crippen molar-refractivity contribution < 1.29 is 33.0 Å². The van der Waals surface area contributed by atoms with Gasteiger partial charge in [-0.15, -0.1) is 0 Å². The van der Waals surface area contributed by atoms with Gasteiger partial charge in [0.1, 0.15) is 0 Å². The van der Waals surface area contributed by atoms with Crippen molar-refractivity contribution in [2.45, 2.75) is 24.9 Å². The predicted octanol–water partition coefficient (Wildman–Crippen LogP) is 2.69. The Hall–Kier alpha value is -2.93. The number of carboxylic acid groups (broad SMARTS) is 2. The number of likely N-dealkylation sites (N-methyl/N-ethyl adjacent to an activating group) is 2. The Balaban J connectivity index is 1.74. The molecule has 4 rings (SSSR count). The quantitative estimate of drug-likeness (QED) is 0.458. The highest BCUT2D eigenvalue weighted by molar-refractivity contribution is 5.98. The third-order valence-electron chi connectivity index (χ3n) is 8.56. The molecule has 0 amide bonds. The van der Waals surface area contributed by atoms with E-state index in [4.69, 9.17) is 0 Å². The van der Waals surface area contributed by atoms with Gasteiger partial charge in [-0.05, 0) is 31.8 Å². The molecule has 0 unspecified atom stereocenters. The van der Waals surface area contributed by atoms with Gasteiger partial charge < -0.3 is 34.7 Å². The van der Waals surface area contributed by atoms with E-state index in [1.807, 2.05) is 0 Å². The van der Waals surface area contributed by atoms with Crippen LogP contribution in [0.4, 0.5) is 13.2 Å². The molecule has 41 heavy (non-hydrogen) atoms. The van der Waals surface area contributed by atoms with Crippen LogP contribution in [-0.4, -0.2) is 133 Å². The molecule has 0 radical (unpaired) electrons. The Labute approximate surface area is 239 Å². The van der Waals surface area contributed by atoms with Crippen LogP contribution in [0.5, 0.6) is 0 Å². The molecule has 1 aromatic carbocycles. The van der Waals surface area contributed by atoms with Crippen LogP contribution in [0.25, 0.3) is 0 Å². The van der Waals surface area contributed by atoms with E-state index in [2.05, 4.69) is 33.7 Å². The van der Waals surface area contributed by atoms with Crippen molar-refractivity contribution in [1.29, 1.82) is 0 Å². The van der Waals surface area contributed by atoms with E-state index in [0.29, 0.717) is 37.3 Å². The van der Waals surface area contributed by atoms with E-state index in [9.17, 15) is 33.0 Å². The number of nitrogens with zero attached hydrogens (tertiary/aromatic N) is 5. The molecule has 226 valence electrons. The SMILES string of the molecule is CN1CCN(CCC2=C(C(=O)O)C(c3ccc(C(F)(F)F)cc3)C(C(=O)O)=C(CCN3CCN(C)CC3)N2C)CC1. The lowest BCUT2D eigenvalue weighted by Gasteiger charge is -2.40. The normalized spacial score (nSPS) is 21.2. The smallest absolute Gasteiger partial charge is 0.416 e. The van der Waals surface area contributed by atoms with E-state index in [0.717, 1.165) is 64.5 Å². The summed E-state index contributed by atoms with van der Waals surface area (Å²) in [7, 11) is 5.82. The number of hydrogen-bond donors (Lipinski definition) is 2. The monoisotopic (exact) mass is 579 g/mol. The largest absolute Gasteiger partial charge is 0.478 e. The van der Waals surface area contributed by atoms with E-state index in [1.165, 1.54) is 12.1 Å². The number of rotatable bonds is 9. The molecule has 0 spiro atoms. The van der Waals surface area contributed by atoms with Gasteiger partial charge in [0.25, 0.3) is 0 Å². The highest BCUT2D eigenvalue weighted by Crippen LogP contribution is 2.44. The summed E-state index contributed by atoms with van der Waals surface area (Å²) in [5.74, 6) is -3.74. The summed E-state index contributed by atoms with van der Waals surface area (Å²) in [5, 5.41) is 20.9. The molecule has 0 atom stereocenters. The summed E-state index contributed by atoms with van der Waals surface area (Å²) in [6.07, 6.45) is -3.81. The maximum absolute atomic E-state index is 13.3. The minimum Gasteiger partial charge on any atom is -0.478 e. The third-order valence-corrected chi connectivity index (χ3v) is 8.56. The van der Waals surface area contributed by atoms with Crippen LogP contribution in [-0.2, 0) is 15.8 Å². The van der Waals surface area contributed by atoms with Gasteiger partial charge in [0, 0.05) is 96.7 Å². The van der Waals surface area contributed by atoms with Gasteiger partial charge in [0.2, 0.25) is 0 Å². The number of piperazine rings is 2. The number of benzene rings is 1. The van der Waals surface area contributed by atoms with Gasteiger partial charge in [-0.2, -0.15) is 13.2 Å². The number of aliphatic carboxylic acids is 2. The van der Waals surface area contributed by atoms with E-state index in [1.54, 1.807) is 11.9 Å². The summed E-state index contributed by atoms with van der Waals surface area (Å²) in [5.41, 5.74) is 0.153. The number of halogens is 3. The van der Waals surface area contributed by atoms with E-state index in [-0.39, 0.29) is 16.7 Å². The van der Waals surface area contributed by atoms with Crippen LogP contribution in [0.15, 0.2) is 46.8 Å². The fourth-order valence-corrected chi connectivity index (χ4v) is 5.97. The number of carboxylic acids is 2. The van der Waals surface area contributed by atoms with E-state index < -0.39 is 29.6 Å². The topological polar surface area (TPSA) is 90.8 Å². The van der Waals surface area contributed by atoms with Crippen LogP contribution in [0.1, 0.15) is 29.9 Å². The molecule has 0 aromatic heterocycles. The van der Waals surface area contributed by atoms with Crippen LogP contribution in [0.3, 0.4) is 0 Å². The Bertz CT molecular complexity index is 1110. The van der Waals surface area contributed by atoms with Crippen molar-refractivity contribution >= 4 is 11.9 Å². The molecule has 2 saturated heterocycles. The molecule has 1 aromatic rings. The first-order valence-electron chi connectivity index (χ1n) is 14.0. The molecule has 0 saturated carbocycles. The van der Waals surface area contributed by atoms with Gasteiger partial charge >= 0.3 is 18.1 Å². The van der Waals surface area contributed by atoms with Gasteiger partial charge in [-0.1, -0.05) is 12.1 Å². The van der Waals surface area contributed by atoms with Gasteiger partial charge in [-0.25, -0.2) is 9.59 Å². The van der Waals surface area contributed by atoms with Crippen molar-refractivity contribution in [3.8, 4) is 0 Å². The zero-order valence-electron chi connectivity index (χ0n) is 24.0. The summed E-state index contributed by atoms with van der Waals surface area (Å²) < 4.78 is 40.0. The van der Waals surface area contributed by atoms with Crippen molar-refractivity contribution in [3.05, 3.63) is 57.9 Å². The molecule has 9 nitrogen and oxygen atoms in total. The second-order valence-corrected chi connectivity index (χ2v) is 11.2. The lowest BCUT2D eigenvalue weighted by molar-refractivity contribution is -0.138. The van der Waals surface area contributed by atoms with Crippen LogP contribution < -0.4 is 0 Å². The van der Waals surface area contributed by atoms with Gasteiger partial charge in [0.15, 0.2) is 0 Å². The molecule has 3 aliphatic heterocycles. The second kappa shape index (κ2) is 12.9. The standard InChI is InChI=1S/C29H40F3N5O4/c1-33-12-16-36(17-13-33)10-8-22-25(27(38)39)24(20-4-6-21(7-5-20)29(30,31)32)26(28(40)41)23(35(22)3)9-11-37-18-14-34(2)15-19-37/h4-7,24H,8-19H2,1-3H3,(H,38,39)(H,40,41). The zero-order chi connectivity index (χ0) is 29.9. The van der Waals surface area contributed by atoms with E-state index >= 15 is 0 Å². The number of alkyl halides is 3. The Morgan fingerprint density at radius 2 is 1.12 bits per heavy atom. The number of hydrogen-bond acceptors (Lipinski definition) is 7. The Kier molecular flexibility index (Phi) is 9.78. The third kappa shape index (κ3) is 7.29. The highest BCUT2D eigenvalue weighted by Gasteiger charge is 2.41. The summed E-state index contributed by atoms with van der Waals surface area (Å²) in [4.78, 5) is 36.3. The van der Waals surface area contributed by atoms with Crippen molar-refractivity contribution in [2.24, 2.45) is 0 Å². The van der Waals surface area contributed by atoms with Crippen molar-refractivity contribution in [2.75, 3.05) is 86.6 Å². The Morgan fingerprint density at radius 3 is 1.46 bits per heavy atom. The van der Waals surface area contributed by atoms with Gasteiger partial charge in [0.05, 0.1) is 22.6 Å². The van der Waals surface area contributed by atoms with Crippen molar-refractivity contribution in [3.63, 3.8) is 0 Å². The average molecular weight is 580 g/mol. The van der Waals surface area contributed by atoms with Crippen LogP contribution >= 0.6 is 0 Å². The fraction of sp³-hybridized carbons (Fsp3) is 0.586. The summed E-state index contributed by atoms with van der Waals surface area (Å²) >= 11 is 0. The van der Waals surface area contributed by atoms with Crippen LogP contribution in [0, 0.1) is 0 Å². The molecule has 2 fully saturated rings. The molecule has 3 heterocycles. The second-order valence-electron chi connectivity index (χ2n) is 11.2. The first-order chi connectivity index (χ1) is 19.4. The van der Waals surface area contributed by atoms with Crippen LogP contribution in [0.2, 0.25) is 0 Å². The molecular weight excluding hydrogens is 539 g/mol. The molecule has 12 heteroatoms. The molecular formula is C29H40F3N5O4. The Morgan fingerprint density at radius 1 is 0.732 bits per heavy atom. The first kappa shape index (κ1) is 31.0. The minimum absolute atomic E-state index is 0.0952. The van der Waals surface area contributed by atoms with Crippen molar-refractivity contribution in [1.82, 2.24) is 24.5 Å². The maximum atomic E-state index is 13.3. The molecule has 0 aliphatic carbocycles. The average Bonchev–Trinajstić information content (AvgIpc) is 2.92. The van der Waals surface area contributed by atoms with Gasteiger partial charge in [-0.3, -0.25) is 0 Å². The first-order valence-corrected chi connectivity index (χ1v) is 14.0. The predicted molar refractivity (Wildman–Crippen MR) is 148 cm³/mol. The summed E-state index contributed by atoms with van der Waals surface area (Å²) in [6, 6.07) is 4.20. The summed E-state index contributed by atoms with van der Waals surface area (Å²) in [6.45, 7) is 8.13. The zero-order valence-corrected chi connectivity index (χ0v) is 24.0. The minimum atomic E-state index is -4.57. The lowest BCUT2D eigenvalue weighted by Crippen LogP contribution is -2.46. The maximum Gasteiger partial charge on any atom is 0.416 e.